The van der Waals surface area contributed by atoms with Crippen molar-refractivity contribution in [1.82, 2.24) is 5.32 Å². The fourth-order valence-electron chi connectivity index (χ4n) is 2.20. The lowest BCUT2D eigenvalue weighted by Crippen LogP contribution is -2.36. The molecule has 1 fully saturated rings. The second-order valence-electron chi connectivity index (χ2n) is 4.71. The Bertz CT molecular complexity index is 559. The van der Waals surface area contributed by atoms with E-state index in [-0.39, 0.29) is 18.9 Å². The van der Waals surface area contributed by atoms with Crippen LogP contribution < -0.4 is 10.2 Å². The summed E-state index contributed by atoms with van der Waals surface area (Å²) in [4.78, 5) is 36.9. The largest absolute Gasteiger partial charge is 0.480 e. The summed E-state index contributed by atoms with van der Waals surface area (Å²) in [5, 5.41) is 10.9. The summed E-state index contributed by atoms with van der Waals surface area (Å²) >= 11 is 1.61. The third-order valence-electron chi connectivity index (χ3n) is 3.29. The average molecular weight is 308 g/mol. The quantitative estimate of drug-likeness (QED) is 0.791. The lowest BCUT2D eigenvalue weighted by Gasteiger charge is -2.16. The van der Waals surface area contributed by atoms with Crippen molar-refractivity contribution in [3.63, 3.8) is 0 Å². The van der Waals surface area contributed by atoms with Crippen molar-refractivity contribution in [3.05, 3.63) is 24.3 Å². The van der Waals surface area contributed by atoms with Gasteiger partial charge in [-0.1, -0.05) is 0 Å². The number of amides is 2. The van der Waals surface area contributed by atoms with E-state index in [1.165, 1.54) is 0 Å². The van der Waals surface area contributed by atoms with Crippen molar-refractivity contribution in [2.24, 2.45) is 5.92 Å². The lowest BCUT2D eigenvalue weighted by atomic mass is 10.1. The number of benzene rings is 1. The zero-order valence-electron chi connectivity index (χ0n) is 11.5. The van der Waals surface area contributed by atoms with E-state index < -0.39 is 24.3 Å². The molecular weight excluding hydrogens is 292 g/mol. The number of hydrogen-bond donors (Lipinski definition) is 2. The van der Waals surface area contributed by atoms with Gasteiger partial charge < -0.3 is 15.3 Å². The van der Waals surface area contributed by atoms with Gasteiger partial charge in [-0.25, -0.2) is 0 Å². The second-order valence-corrected chi connectivity index (χ2v) is 5.59. The molecule has 7 heteroatoms. The van der Waals surface area contributed by atoms with Crippen LogP contribution in [0.3, 0.4) is 0 Å². The van der Waals surface area contributed by atoms with Gasteiger partial charge in [0.2, 0.25) is 11.8 Å². The third kappa shape index (κ3) is 3.75. The number of aliphatic carboxylic acids is 1. The van der Waals surface area contributed by atoms with Crippen molar-refractivity contribution < 1.29 is 19.5 Å². The summed E-state index contributed by atoms with van der Waals surface area (Å²) in [5.41, 5.74) is 0.756. The molecule has 112 valence electrons. The van der Waals surface area contributed by atoms with Gasteiger partial charge in [0.15, 0.2) is 0 Å². The smallest absolute Gasteiger partial charge is 0.322 e. The molecule has 1 unspecified atom stereocenters. The Hall–Kier alpha value is -2.02. The maximum absolute atomic E-state index is 12.0. The molecule has 1 aromatic rings. The van der Waals surface area contributed by atoms with E-state index in [0.717, 1.165) is 10.6 Å². The monoisotopic (exact) mass is 308 g/mol. The Labute approximate surface area is 126 Å². The zero-order chi connectivity index (χ0) is 15.4. The summed E-state index contributed by atoms with van der Waals surface area (Å²) in [6.07, 6.45) is 2.08. The van der Waals surface area contributed by atoms with E-state index in [4.69, 9.17) is 5.11 Å². The molecule has 2 N–H and O–H groups in total. The van der Waals surface area contributed by atoms with Crippen LogP contribution in [0.15, 0.2) is 29.2 Å². The van der Waals surface area contributed by atoms with Gasteiger partial charge in [-0.15, -0.1) is 11.8 Å². The number of rotatable bonds is 5. The number of anilines is 1. The average Bonchev–Trinajstić information content (AvgIpc) is 2.87. The van der Waals surface area contributed by atoms with Crippen LogP contribution in [0, 0.1) is 5.92 Å². The number of carbonyl (C=O) groups is 3. The maximum Gasteiger partial charge on any atom is 0.322 e. The summed E-state index contributed by atoms with van der Waals surface area (Å²) in [7, 11) is 0. The first kappa shape index (κ1) is 15.4. The number of thioether (sulfide) groups is 1. The summed E-state index contributed by atoms with van der Waals surface area (Å²) < 4.78 is 0. The summed E-state index contributed by atoms with van der Waals surface area (Å²) in [6.45, 7) is -0.144. The Balaban J connectivity index is 2.01. The minimum Gasteiger partial charge on any atom is -0.480 e. The summed E-state index contributed by atoms with van der Waals surface area (Å²) in [5.74, 6) is -2.12. The normalized spacial score (nSPS) is 17.9. The summed E-state index contributed by atoms with van der Waals surface area (Å²) in [6, 6.07) is 7.54. The van der Waals surface area contributed by atoms with Crippen molar-refractivity contribution >= 4 is 35.2 Å². The fourth-order valence-corrected chi connectivity index (χ4v) is 2.61. The minimum atomic E-state index is -1.10. The molecule has 1 saturated heterocycles. The van der Waals surface area contributed by atoms with Crippen LogP contribution in [-0.4, -0.2) is 42.2 Å². The van der Waals surface area contributed by atoms with E-state index in [1.54, 1.807) is 16.7 Å². The second kappa shape index (κ2) is 6.62. The molecule has 0 radical (unpaired) electrons. The van der Waals surface area contributed by atoms with Gasteiger partial charge in [0.25, 0.3) is 0 Å². The van der Waals surface area contributed by atoms with Crippen LogP contribution in [0.4, 0.5) is 5.69 Å². The molecule has 1 aromatic carbocycles. The van der Waals surface area contributed by atoms with Crippen LogP contribution in [0.25, 0.3) is 0 Å². The highest BCUT2D eigenvalue weighted by molar-refractivity contribution is 7.98. The molecule has 1 aliphatic heterocycles. The van der Waals surface area contributed by atoms with E-state index in [9.17, 15) is 14.4 Å². The Morgan fingerprint density at radius 2 is 2.05 bits per heavy atom. The topological polar surface area (TPSA) is 86.7 Å². The SMILES string of the molecule is CSc1ccc(N2CC(C(=O)NCC(=O)O)CC2=O)cc1. The number of carboxylic acids is 1. The molecular formula is C14H16N2O4S. The molecule has 1 atom stereocenters. The Morgan fingerprint density at radius 1 is 1.38 bits per heavy atom. The highest BCUT2D eigenvalue weighted by atomic mass is 32.2. The molecule has 0 aromatic heterocycles. The third-order valence-corrected chi connectivity index (χ3v) is 4.04. The first-order valence-corrected chi connectivity index (χ1v) is 7.67. The molecule has 1 aliphatic rings. The van der Waals surface area contributed by atoms with Gasteiger partial charge in [0.1, 0.15) is 6.54 Å². The predicted octanol–water partition coefficient (Wildman–Crippen LogP) is 0.962. The highest BCUT2D eigenvalue weighted by Crippen LogP contribution is 2.27. The van der Waals surface area contributed by atoms with Gasteiger partial charge in [0, 0.05) is 23.5 Å². The van der Waals surface area contributed by atoms with Gasteiger partial charge in [0.05, 0.1) is 5.92 Å². The molecule has 0 saturated carbocycles. The van der Waals surface area contributed by atoms with Crippen molar-refractivity contribution in [2.75, 3.05) is 24.2 Å². The fraction of sp³-hybridized carbons (Fsp3) is 0.357. The molecule has 1 heterocycles. The van der Waals surface area contributed by atoms with Crippen LogP contribution in [0.5, 0.6) is 0 Å². The molecule has 0 aliphatic carbocycles. The van der Waals surface area contributed by atoms with E-state index in [1.807, 2.05) is 30.5 Å². The van der Waals surface area contributed by atoms with Crippen molar-refractivity contribution in [1.29, 1.82) is 0 Å². The highest BCUT2D eigenvalue weighted by Gasteiger charge is 2.35. The van der Waals surface area contributed by atoms with Crippen LogP contribution >= 0.6 is 11.8 Å². The van der Waals surface area contributed by atoms with Gasteiger partial charge in [-0.05, 0) is 30.5 Å². The number of hydrogen-bond acceptors (Lipinski definition) is 4. The lowest BCUT2D eigenvalue weighted by molar-refractivity contribution is -0.138. The van der Waals surface area contributed by atoms with Crippen molar-refractivity contribution in [2.45, 2.75) is 11.3 Å². The molecule has 21 heavy (non-hydrogen) atoms. The molecule has 0 spiro atoms. The number of carbonyl (C=O) groups excluding carboxylic acids is 2. The molecule has 6 nitrogen and oxygen atoms in total. The van der Waals surface area contributed by atoms with Crippen LogP contribution in [-0.2, 0) is 14.4 Å². The number of nitrogens with zero attached hydrogens (tertiary/aromatic N) is 1. The van der Waals surface area contributed by atoms with Crippen molar-refractivity contribution in [3.8, 4) is 0 Å². The van der Waals surface area contributed by atoms with Gasteiger partial charge in [-0.2, -0.15) is 0 Å². The van der Waals surface area contributed by atoms with E-state index in [0.29, 0.717) is 0 Å². The Kier molecular flexibility index (Phi) is 4.85. The number of carboxylic acid groups (broad SMARTS) is 1. The predicted molar refractivity (Wildman–Crippen MR) is 79.3 cm³/mol. The molecule has 0 bridgehead atoms. The van der Waals surface area contributed by atoms with Crippen LogP contribution in [0.1, 0.15) is 6.42 Å². The maximum atomic E-state index is 12.0. The minimum absolute atomic E-state index is 0.107. The zero-order valence-corrected chi connectivity index (χ0v) is 12.4. The first-order valence-electron chi connectivity index (χ1n) is 6.45. The van der Waals surface area contributed by atoms with Gasteiger partial charge >= 0.3 is 5.97 Å². The van der Waals surface area contributed by atoms with Gasteiger partial charge in [-0.3, -0.25) is 14.4 Å². The first-order chi connectivity index (χ1) is 10.0. The standard InChI is InChI=1S/C14H16N2O4S/c1-21-11-4-2-10(3-5-11)16-8-9(6-12(16)17)14(20)15-7-13(18)19/h2-5,9H,6-8H2,1H3,(H,15,20)(H,18,19). The number of nitrogens with one attached hydrogen (secondary N) is 1. The van der Waals surface area contributed by atoms with Crippen LogP contribution in [0.2, 0.25) is 0 Å². The van der Waals surface area contributed by atoms with E-state index >= 15 is 0 Å². The molecule has 2 amide bonds. The molecule has 2 rings (SSSR count). The van der Waals surface area contributed by atoms with E-state index in [2.05, 4.69) is 5.32 Å². The Morgan fingerprint density at radius 3 is 2.62 bits per heavy atom.